The molecule has 1 aromatic rings. The summed E-state index contributed by atoms with van der Waals surface area (Å²) < 4.78 is 5.07. The molecule has 1 aliphatic carbocycles. The van der Waals surface area contributed by atoms with Crippen LogP contribution >= 0.6 is 11.3 Å². The van der Waals surface area contributed by atoms with Crippen LogP contribution in [0.1, 0.15) is 53.4 Å². The van der Waals surface area contributed by atoms with Crippen LogP contribution in [0, 0.1) is 13.8 Å². The zero-order valence-corrected chi connectivity index (χ0v) is 13.6. The lowest BCUT2D eigenvalue weighted by Crippen LogP contribution is -2.36. The first-order valence-corrected chi connectivity index (χ1v) is 8.19. The van der Waals surface area contributed by atoms with E-state index >= 15 is 0 Å². The van der Waals surface area contributed by atoms with E-state index in [1.54, 1.807) is 6.92 Å². The van der Waals surface area contributed by atoms with E-state index in [0.29, 0.717) is 17.2 Å². The molecule has 0 radical (unpaired) electrons. The van der Waals surface area contributed by atoms with Crippen LogP contribution in [0.2, 0.25) is 0 Å². The third-order valence-corrected chi connectivity index (χ3v) is 4.91. The number of carbonyl (C=O) groups excluding carboxylic acids is 2. The molecule has 1 fully saturated rings. The maximum absolute atomic E-state index is 12.1. The summed E-state index contributed by atoms with van der Waals surface area (Å²) in [4.78, 5) is 25.1. The number of anilines is 1. The summed E-state index contributed by atoms with van der Waals surface area (Å²) in [5.41, 5.74) is 1.34. The predicted octanol–water partition coefficient (Wildman–Crippen LogP) is 3.61. The molecule has 0 bridgehead atoms. The fourth-order valence-electron chi connectivity index (χ4n) is 2.56. The highest BCUT2D eigenvalue weighted by Crippen LogP contribution is 2.33. The molecule has 0 aromatic carbocycles. The van der Waals surface area contributed by atoms with Gasteiger partial charge in [-0.05, 0) is 39.2 Å². The second-order valence-corrected chi connectivity index (χ2v) is 6.51. The monoisotopic (exact) mass is 310 g/mol. The van der Waals surface area contributed by atoms with E-state index in [-0.39, 0.29) is 18.0 Å². The molecule has 1 heterocycles. The maximum Gasteiger partial charge on any atom is 0.341 e. The highest BCUT2D eigenvalue weighted by atomic mass is 32.1. The zero-order valence-electron chi connectivity index (χ0n) is 12.7. The lowest BCUT2D eigenvalue weighted by Gasteiger charge is -2.13. The molecular formula is C15H22N2O3S. The summed E-state index contributed by atoms with van der Waals surface area (Å²) >= 11 is 1.41. The SMILES string of the molecule is CCOC(=O)c1c(NC(=O)NC2CCCC2)sc(C)c1C. The molecule has 1 aliphatic rings. The van der Waals surface area contributed by atoms with Crippen LogP contribution in [0.25, 0.3) is 0 Å². The number of hydrogen-bond acceptors (Lipinski definition) is 4. The minimum Gasteiger partial charge on any atom is -0.462 e. The average molecular weight is 310 g/mol. The molecule has 21 heavy (non-hydrogen) atoms. The zero-order chi connectivity index (χ0) is 15.4. The Labute approximate surface area is 129 Å². The molecule has 5 nitrogen and oxygen atoms in total. The number of carbonyl (C=O) groups is 2. The highest BCUT2D eigenvalue weighted by Gasteiger charge is 2.23. The quantitative estimate of drug-likeness (QED) is 0.835. The van der Waals surface area contributed by atoms with E-state index in [1.165, 1.54) is 11.3 Å². The molecule has 2 rings (SSSR count). The number of hydrogen-bond donors (Lipinski definition) is 2. The van der Waals surface area contributed by atoms with E-state index in [4.69, 9.17) is 4.74 Å². The first kappa shape index (κ1) is 15.8. The van der Waals surface area contributed by atoms with Crippen molar-refractivity contribution in [2.24, 2.45) is 0 Å². The molecular weight excluding hydrogens is 288 g/mol. The van der Waals surface area contributed by atoms with Crippen molar-refractivity contribution in [3.8, 4) is 0 Å². The van der Waals surface area contributed by atoms with Gasteiger partial charge < -0.3 is 10.1 Å². The number of esters is 1. The Bertz CT molecular complexity index is 533. The van der Waals surface area contributed by atoms with Crippen molar-refractivity contribution in [3.05, 3.63) is 16.0 Å². The minimum atomic E-state index is -0.379. The van der Waals surface area contributed by atoms with Crippen molar-refractivity contribution in [1.82, 2.24) is 5.32 Å². The van der Waals surface area contributed by atoms with Crippen LogP contribution in [0.4, 0.5) is 9.80 Å². The molecule has 0 aliphatic heterocycles. The summed E-state index contributed by atoms with van der Waals surface area (Å²) in [6, 6.07) is 0.00639. The molecule has 0 spiro atoms. The van der Waals surface area contributed by atoms with Gasteiger partial charge in [0.2, 0.25) is 0 Å². The third kappa shape index (κ3) is 3.75. The van der Waals surface area contributed by atoms with E-state index in [0.717, 1.165) is 36.1 Å². The normalized spacial score (nSPS) is 15.0. The Morgan fingerprint density at radius 2 is 1.95 bits per heavy atom. The van der Waals surface area contributed by atoms with Crippen molar-refractivity contribution in [2.75, 3.05) is 11.9 Å². The molecule has 1 saturated carbocycles. The molecule has 2 N–H and O–H groups in total. The summed E-state index contributed by atoms with van der Waals surface area (Å²) in [7, 11) is 0. The van der Waals surface area contributed by atoms with E-state index in [2.05, 4.69) is 10.6 Å². The molecule has 116 valence electrons. The third-order valence-electron chi connectivity index (χ3n) is 3.78. The second-order valence-electron chi connectivity index (χ2n) is 5.29. The summed E-state index contributed by atoms with van der Waals surface area (Å²) in [6.45, 7) is 5.90. The average Bonchev–Trinajstić information content (AvgIpc) is 2.99. The van der Waals surface area contributed by atoms with E-state index in [1.807, 2.05) is 13.8 Å². The lowest BCUT2D eigenvalue weighted by molar-refractivity contribution is 0.0527. The highest BCUT2D eigenvalue weighted by molar-refractivity contribution is 7.16. The van der Waals surface area contributed by atoms with E-state index < -0.39 is 0 Å². The first-order chi connectivity index (χ1) is 10.0. The van der Waals surface area contributed by atoms with E-state index in [9.17, 15) is 9.59 Å². The van der Waals surface area contributed by atoms with Crippen LogP contribution in [-0.2, 0) is 4.74 Å². The van der Waals surface area contributed by atoms with Crippen molar-refractivity contribution >= 4 is 28.3 Å². The van der Waals surface area contributed by atoms with Crippen LogP contribution in [0.3, 0.4) is 0 Å². The minimum absolute atomic E-state index is 0.242. The largest absolute Gasteiger partial charge is 0.462 e. The van der Waals surface area contributed by atoms with Crippen LogP contribution in [0.15, 0.2) is 0 Å². The van der Waals surface area contributed by atoms with Gasteiger partial charge in [-0.1, -0.05) is 12.8 Å². The molecule has 2 amide bonds. The van der Waals surface area contributed by atoms with Gasteiger partial charge in [0, 0.05) is 10.9 Å². The number of ether oxygens (including phenoxy) is 1. The molecule has 6 heteroatoms. The Morgan fingerprint density at radius 3 is 2.57 bits per heavy atom. The lowest BCUT2D eigenvalue weighted by atomic mass is 10.1. The molecule has 1 aromatic heterocycles. The summed E-state index contributed by atoms with van der Waals surface area (Å²) in [5.74, 6) is -0.379. The topological polar surface area (TPSA) is 67.4 Å². The second kappa shape index (κ2) is 6.93. The van der Waals surface area contributed by atoms with Gasteiger partial charge in [-0.15, -0.1) is 11.3 Å². The van der Waals surface area contributed by atoms with Crippen molar-refractivity contribution in [1.29, 1.82) is 0 Å². The predicted molar refractivity (Wildman–Crippen MR) is 84.2 cm³/mol. The Balaban J connectivity index is 2.09. The fraction of sp³-hybridized carbons (Fsp3) is 0.600. The van der Waals surface area contributed by atoms with Gasteiger partial charge in [0.15, 0.2) is 0 Å². The number of thiophene rings is 1. The fourth-order valence-corrected chi connectivity index (χ4v) is 3.60. The number of aryl methyl sites for hydroxylation is 1. The Morgan fingerprint density at radius 1 is 1.29 bits per heavy atom. The Hall–Kier alpha value is -1.56. The van der Waals surface area contributed by atoms with Gasteiger partial charge >= 0.3 is 12.0 Å². The number of amides is 2. The van der Waals surface area contributed by atoms with Gasteiger partial charge in [0.05, 0.1) is 12.2 Å². The first-order valence-electron chi connectivity index (χ1n) is 7.37. The van der Waals surface area contributed by atoms with Gasteiger partial charge in [-0.3, -0.25) is 5.32 Å². The summed E-state index contributed by atoms with van der Waals surface area (Å²) in [6.07, 6.45) is 4.38. The number of urea groups is 1. The van der Waals surface area contributed by atoms with Gasteiger partial charge in [-0.25, -0.2) is 9.59 Å². The van der Waals surface area contributed by atoms with Gasteiger partial charge in [0.1, 0.15) is 5.00 Å². The number of nitrogens with one attached hydrogen (secondary N) is 2. The van der Waals surface area contributed by atoms with Crippen molar-refractivity contribution < 1.29 is 14.3 Å². The van der Waals surface area contributed by atoms with Gasteiger partial charge in [0.25, 0.3) is 0 Å². The molecule has 0 atom stereocenters. The van der Waals surface area contributed by atoms with Crippen LogP contribution in [0.5, 0.6) is 0 Å². The van der Waals surface area contributed by atoms with Gasteiger partial charge in [-0.2, -0.15) is 0 Å². The van der Waals surface area contributed by atoms with Crippen LogP contribution < -0.4 is 10.6 Å². The smallest absolute Gasteiger partial charge is 0.341 e. The molecule has 0 saturated heterocycles. The summed E-state index contributed by atoms with van der Waals surface area (Å²) in [5, 5.41) is 6.33. The Kier molecular flexibility index (Phi) is 5.22. The standard InChI is InChI=1S/C15H22N2O3S/c1-4-20-14(18)12-9(2)10(3)21-13(12)17-15(19)16-11-7-5-6-8-11/h11H,4-8H2,1-3H3,(H2,16,17,19). The molecule has 0 unspecified atom stereocenters. The van der Waals surface area contributed by atoms with Crippen molar-refractivity contribution in [3.63, 3.8) is 0 Å². The maximum atomic E-state index is 12.1. The van der Waals surface area contributed by atoms with Crippen molar-refractivity contribution in [2.45, 2.75) is 52.5 Å². The van der Waals surface area contributed by atoms with Crippen LogP contribution in [-0.4, -0.2) is 24.6 Å². The number of rotatable bonds is 4.